The van der Waals surface area contributed by atoms with E-state index in [-0.39, 0.29) is 11.3 Å². The molecule has 1 atom stereocenters. The Morgan fingerprint density at radius 1 is 0.943 bits per heavy atom. The molecule has 35 heavy (non-hydrogen) atoms. The summed E-state index contributed by atoms with van der Waals surface area (Å²) in [5.74, 6) is -1.01. The van der Waals surface area contributed by atoms with E-state index in [0.717, 1.165) is 18.8 Å². The third-order valence-electron chi connectivity index (χ3n) is 6.66. The van der Waals surface area contributed by atoms with E-state index >= 15 is 0 Å². The Morgan fingerprint density at radius 2 is 1.63 bits per heavy atom. The van der Waals surface area contributed by atoms with E-state index < -0.39 is 17.7 Å². The van der Waals surface area contributed by atoms with E-state index in [1.54, 1.807) is 55.9 Å². The molecule has 0 spiro atoms. The number of rotatable bonds is 5. The Labute approximate surface area is 204 Å². The average molecular weight is 470 g/mol. The van der Waals surface area contributed by atoms with Crippen molar-refractivity contribution in [3.8, 4) is 5.75 Å². The summed E-state index contributed by atoms with van der Waals surface area (Å²) >= 11 is 0. The highest BCUT2D eigenvalue weighted by molar-refractivity contribution is 6.51. The zero-order valence-electron chi connectivity index (χ0n) is 19.6. The highest BCUT2D eigenvalue weighted by Crippen LogP contribution is 2.42. The molecule has 5 rings (SSSR count). The molecule has 2 aliphatic rings. The first kappa shape index (κ1) is 22.7. The molecule has 7 nitrogen and oxygen atoms in total. The minimum atomic E-state index is -0.799. The minimum Gasteiger partial charge on any atom is -0.507 e. The van der Waals surface area contributed by atoms with Gasteiger partial charge in [-0.2, -0.15) is 0 Å². The number of pyridine rings is 1. The molecule has 0 bridgehead atoms. The monoisotopic (exact) mass is 469 g/mol. The summed E-state index contributed by atoms with van der Waals surface area (Å²) in [4.78, 5) is 34.6. The molecule has 0 saturated carbocycles. The van der Waals surface area contributed by atoms with E-state index in [9.17, 15) is 14.7 Å². The number of hydrogen-bond donors (Lipinski definition) is 1. The van der Waals surface area contributed by atoms with Crippen LogP contribution in [0.3, 0.4) is 0 Å². The van der Waals surface area contributed by atoms with Crippen molar-refractivity contribution in [2.75, 3.05) is 30.0 Å². The topological polar surface area (TPSA) is 83.0 Å². The van der Waals surface area contributed by atoms with Crippen molar-refractivity contribution in [1.82, 2.24) is 4.98 Å². The van der Waals surface area contributed by atoms with Crippen LogP contribution in [0.25, 0.3) is 5.76 Å². The molecule has 178 valence electrons. The number of aliphatic hydroxyl groups excluding tert-OH is 1. The van der Waals surface area contributed by atoms with Crippen molar-refractivity contribution in [3.05, 3.63) is 89.8 Å². The van der Waals surface area contributed by atoms with Gasteiger partial charge in [0.2, 0.25) is 0 Å². The van der Waals surface area contributed by atoms with Gasteiger partial charge < -0.3 is 14.7 Å². The maximum atomic E-state index is 13.3. The standard InChI is InChI=1S/C28H27N3O4/c1-35-23-13-7-19(8-14-23)26(32)24-25(20-6-5-15-29-18-20)31(28(34)27(24)33)22-11-9-21(10-12-22)30-16-3-2-4-17-30/h5-15,18,25,32H,2-4,16-17H2,1H3/b26-24+. The number of aromatic nitrogens is 1. The van der Waals surface area contributed by atoms with Crippen LogP contribution in [0.5, 0.6) is 5.75 Å². The van der Waals surface area contributed by atoms with Gasteiger partial charge in [-0.15, -0.1) is 0 Å². The molecule has 2 fully saturated rings. The van der Waals surface area contributed by atoms with Crippen LogP contribution in [0.4, 0.5) is 11.4 Å². The van der Waals surface area contributed by atoms with Crippen LogP contribution in [0.15, 0.2) is 78.6 Å². The van der Waals surface area contributed by atoms with Gasteiger partial charge in [-0.05, 0) is 79.4 Å². The van der Waals surface area contributed by atoms with Gasteiger partial charge in [0.15, 0.2) is 0 Å². The molecule has 1 aromatic heterocycles. The number of hydrogen-bond acceptors (Lipinski definition) is 6. The molecule has 0 radical (unpaired) electrons. The van der Waals surface area contributed by atoms with Gasteiger partial charge in [-0.25, -0.2) is 0 Å². The van der Waals surface area contributed by atoms with Crippen LogP contribution in [0.1, 0.15) is 36.4 Å². The maximum absolute atomic E-state index is 13.3. The molecule has 3 heterocycles. The first-order valence-corrected chi connectivity index (χ1v) is 11.8. The molecule has 1 N–H and O–H groups in total. The van der Waals surface area contributed by atoms with E-state index in [4.69, 9.17) is 4.74 Å². The molecule has 3 aromatic rings. The Balaban J connectivity index is 1.58. The Hall–Kier alpha value is -4.13. The second-order valence-corrected chi connectivity index (χ2v) is 8.75. The van der Waals surface area contributed by atoms with Gasteiger partial charge in [-0.1, -0.05) is 6.07 Å². The number of aliphatic hydroxyl groups is 1. The van der Waals surface area contributed by atoms with E-state index in [0.29, 0.717) is 22.6 Å². The fourth-order valence-electron chi connectivity index (χ4n) is 4.83. The SMILES string of the molecule is COc1ccc(/C(O)=C2\C(=O)C(=O)N(c3ccc(N4CCCCC4)cc3)C2c2cccnc2)cc1. The highest BCUT2D eigenvalue weighted by Gasteiger charge is 2.47. The number of methoxy groups -OCH3 is 1. The van der Waals surface area contributed by atoms with E-state index in [1.807, 2.05) is 24.3 Å². The number of benzene rings is 2. The zero-order valence-corrected chi connectivity index (χ0v) is 19.6. The Bertz CT molecular complexity index is 1250. The highest BCUT2D eigenvalue weighted by atomic mass is 16.5. The van der Waals surface area contributed by atoms with Gasteiger partial charge >= 0.3 is 0 Å². The molecule has 2 aromatic carbocycles. The lowest BCUT2D eigenvalue weighted by atomic mass is 9.96. The maximum Gasteiger partial charge on any atom is 0.300 e. The average Bonchev–Trinajstić information content (AvgIpc) is 3.19. The molecule has 1 unspecified atom stereocenters. The van der Waals surface area contributed by atoms with Crippen LogP contribution in [-0.4, -0.2) is 42.0 Å². The fraction of sp³-hybridized carbons (Fsp3) is 0.250. The van der Waals surface area contributed by atoms with Crippen LogP contribution in [-0.2, 0) is 9.59 Å². The van der Waals surface area contributed by atoms with E-state index in [2.05, 4.69) is 9.88 Å². The number of Topliss-reactive ketones (excluding diaryl/α,β-unsaturated/α-hetero) is 1. The molecular weight excluding hydrogens is 442 g/mol. The quantitative estimate of drug-likeness (QED) is 0.331. The lowest BCUT2D eigenvalue weighted by Gasteiger charge is -2.30. The van der Waals surface area contributed by atoms with Crippen molar-refractivity contribution in [2.24, 2.45) is 0 Å². The molecule has 1 amide bonds. The largest absolute Gasteiger partial charge is 0.507 e. The minimum absolute atomic E-state index is 0.0354. The van der Waals surface area contributed by atoms with E-state index in [1.165, 1.54) is 24.2 Å². The van der Waals surface area contributed by atoms with Crippen molar-refractivity contribution in [3.63, 3.8) is 0 Å². The predicted octanol–water partition coefficient (Wildman–Crippen LogP) is 4.71. The molecule has 2 saturated heterocycles. The molecular formula is C28H27N3O4. The number of carbonyl (C=O) groups is 2. The normalized spacial score (nSPS) is 19.7. The lowest BCUT2D eigenvalue weighted by molar-refractivity contribution is -0.132. The van der Waals surface area contributed by atoms with Crippen molar-refractivity contribution in [1.29, 1.82) is 0 Å². The summed E-state index contributed by atoms with van der Waals surface area (Å²) in [6.45, 7) is 2.03. The van der Waals surface area contributed by atoms with Crippen molar-refractivity contribution < 1.29 is 19.4 Å². The Morgan fingerprint density at radius 3 is 2.26 bits per heavy atom. The number of ketones is 1. The van der Waals surface area contributed by atoms with Crippen LogP contribution < -0.4 is 14.5 Å². The second kappa shape index (κ2) is 9.62. The number of piperidine rings is 1. The Kier molecular flexibility index (Phi) is 6.23. The van der Waals surface area contributed by atoms with Crippen molar-refractivity contribution >= 4 is 28.8 Å². The summed E-state index contributed by atoms with van der Waals surface area (Å²) in [5, 5.41) is 11.2. The van der Waals surface area contributed by atoms with Crippen molar-refractivity contribution in [2.45, 2.75) is 25.3 Å². The van der Waals surface area contributed by atoms with Gasteiger partial charge in [0.1, 0.15) is 11.5 Å². The predicted molar refractivity (Wildman–Crippen MR) is 135 cm³/mol. The zero-order chi connectivity index (χ0) is 24.4. The first-order chi connectivity index (χ1) is 17.1. The summed E-state index contributed by atoms with van der Waals surface area (Å²) in [7, 11) is 1.55. The lowest BCUT2D eigenvalue weighted by Crippen LogP contribution is -2.30. The molecule has 7 heteroatoms. The second-order valence-electron chi connectivity index (χ2n) is 8.75. The third kappa shape index (κ3) is 4.25. The molecule has 0 aliphatic carbocycles. The number of carbonyl (C=O) groups excluding carboxylic acids is 2. The first-order valence-electron chi connectivity index (χ1n) is 11.8. The summed E-state index contributed by atoms with van der Waals surface area (Å²) in [6, 6.07) is 17.2. The van der Waals surface area contributed by atoms with Gasteiger partial charge in [0, 0.05) is 42.4 Å². The summed E-state index contributed by atoms with van der Waals surface area (Å²) in [6.07, 6.45) is 6.84. The smallest absolute Gasteiger partial charge is 0.300 e. The number of anilines is 2. The van der Waals surface area contributed by atoms with Crippen LogP contribution >= 0.6 is 0 Å². The van der Waals surface area contributed by atoms with Gasteiger partial charge in [0.25, 0.3) is 11.7 Å². The number of nitrogens with zero attached hydrogens (tertiary/aromatic N) is 3. The van der Waals surface area contributed by atoms with Crippen LogP contribution in [0.2, 0.25) is 0 Å². The third-order valence-corrected chi connectivity index (χ3v) is 6.66. The number of ether oxygens (including phenoxy) is 1. The van der Waals surface area contributed by atoms with Crippen LogP contribution in [0, 0.1) is 0 Å². The van der Waals surface area contributed by atoms with Gasteiger partial charge in [0.05, 0.1) is 18.7 Å². The van der Waals surface area contributed by atoms with Gasteiger partial charge in [-0.3, -0.25) is 19.5 Å². The summed E-state index contributed by atoms with van der Waals surface area (Å²) in [5.41, 5.74) is 2.80. The number of amides is 1. The fourth-order valence-corrected chi connectivity index (χ4v) is 4.83. The molecule has 2 aliphatic heterocycles. The summed E-state index contributed by atoms with van der Waals surface area (Å²) < 4.78 is 5.19.